The van der Waals surface area contributed by atoms with Crippen molar-refractivity contribution < 1.29 is 15.0 Å². The van der Waals surface area contributed by atoms with Gasteiger partial charge in [-0.1, -0.05) is 0 Å². The molecule has 0 saturated carbocycles. The third-order valence-corrected chi connectivity index (χ3v) is 0. The normalized spacial score (nSPS) is 4.00. The molecule has 0 heterocycles. The van der Waals surface area contributed by atoms with Gasteiger partial charge >= 0.3 is 23.1 Å². The molecule has 6 heavy (non-hydrogen) atoms. The van der Waals surface area contributed by atoms with Gasteiger partial charge in [0, 0.05) is 17.4 Å². The molecule has 0 rings (SSSR count). The molecule has 0 bridgehead atoms. The van der Waals surface area contributed by atoms with Crippen molar-refractivity contribution in [2.75, 3.05) is 0 Å². The molecule has 0 fully saturated rings. The maximum atomic E-state index is 8.33. The minimum Gasteiger partial charge on any atom is -0.652 e. The first-order valence-electron chi connectivity index (χ1n) is 0.612. The largest absolute Gasteiger partial charge is 2.00 e. The summed E-state index contributed by atoms with van der Waals surface area (Å²) in [7, 11) is 0. The van der Waals surface area contributed by atoms with E-state index in [4.69, 9.17) is 15.0 Å². The second kappa shape index (κ2) is 9.13. The molecule has 0 N–H and O–H groups in total. The monoisotopic (exact) mass is 111 g/mol. The number of hydrogen-bond donors (Lipinski definition) is 0. The molecule has 0 unspecified atom stereocenters. The summed E-state index contributed by atoms with van der Waals surface area (Å²) in [6.45, 7) is 0. The van der Waals surface area contributed by atoms with E-state index >= 15 is 0 Å². The van der Waals surface area contributed by atoms with Crippen LogP contribution in [-0.2, 0) is 0 Å². The molecule has 0 spiro atoms. The molecule has 0 amide bonds. The topological polar surface area (TPSA) is 63.2 Å². The quantitative estimate of drug-likeness (QED) is 0.309. The Bertz CT molecular complexity index is 33.8. The molecule has 0 aliphatic carbocycles. The molecule has 5 heteroatoms. The van der Waals surface area contributed by atoms with Crippen LogP contribution < -0.4 is 10.2 Å². The molecular formula is CAlMgO3. The zero-order valence-corrected chi connectivity index (χ0v) is 5.58. The van der Waals surface area contributed by atoms with Crippen LogP contribution in [0.25, 0.3) is 0 Å². The molecule has 3 nitrogen and oxygen atoms in total. The van der Waals surface area contributed by atoms with Crippen molar-refractivity contribution in [3.63, 3.8) is 0 Å². The SMILES string of the molecule is O=C([O-])[O-].[Al].[Mg+2]. The Balaban J connectivity index is -0.0000000450. The van der Waals surface area contributed by atoms with E-state index in [1.54, 1.807) is 0 Å². The molecule has 0 aromatic rings. The molecule has 0 atom stereocenters. The molecule has 27 valence electrons. The van der Waals surface area contributed by atoms with Gasteiger partial charge in [-0.3, -0.25) is 0 Å². The summed E-state index contributed by atoms with van der Waals surface area (Å²) in [5.41, 5.74) is 0. The summed E-state index contributed by atoms with van der Waals surface area (Å²) in [4.78, 5) is 8.33. The molecule has 0 aromatic carbocycles. The Morgan fingerprint density at radius 2 is 1.33 bits per heavy atom. The van der Waals surface area contributed by atoms with Gasteiger partial charge in [0.1, 0.15) is 0 Å². The van der Waals surface area contributed by atoms with Gasteiger partial charge in [0.15, 0.2) is 0 Å². The predicted octanol–water partition coefficient (Wildman–Crippen LogP) is -3.21. The Hall–Kier alpha value is 0.569. The van der Waals surface area contributed by atoms with Gasteiger partial charge in [-0.15, -0.1) is 0 Å². The summed E-state index contributed by atoms with van der Waals surface area (Å²) in [6.07, 6.45) is -2.33. The summed E-state index contributed by atoms with van der Waals surface area (Å²) >= 11 is 0. The molecular weight excluding hydrogens is 111 g/mol. The van der Waals surface area contributed by atoms with Crippen molar-refractivity contribution in [1.82, 2.24) is 0 Å². The van der Waals surface area contributed by atoms with Crippen LogP contribution in [0.15, 0.2) is 0 Å². The van der Waals surface area contributed by atoms with Crippen LogP contribution in [-0.4, -0.2) is 46.6 Å². The minimum atomic E-state index is -2.33. The van der Waals surface area contributed by atoms with E-state index in [1.165, 1.54) is 0 Å². The van der Waals surface area contributed by atoms with Crippen molar-refractivity contribution in [2.45, 2.75) is 0 Å². The van der Waals surface area contributed by atoms with Crippen LogP contribution in [0.4, 0.5) is 4.79 Å². The number of hydrogen-bond acceptors (Lipinski definition) is 3. The number of rotatable bonds is 0. The van der Waals surface area contributed by atoms with Crippen LogP contribution in [0.2, 0.25) is 0 Å². The fourth-order valence-electron chi connectivity index (χ4n) is 0. The van der Waals surface area contributed by atoms with Crippen LogP contribution in [0.5, 0.6) is 0 Å². The predicted molar refractivity (Wildman–Crippen MR) is 16.9 cm³/mol. The van der Waals surface area contributed by atoms with Crippen molar-refractivity contribution >= 4 is 46.6 Å². The summed E-state index contributed by atoms with van der Waals surface area (Å²) in [5.74, 6) is 0. The molecule has 0 aliphatic heterocycles. The van der Waals surface area contributed by atoms with Gasteiger partial charge in [0.05, 0.1) is 0 Å². The van der Waals surface area contributed by atoms with Gasteiger partial charge in [0.25, 0.3) is 0 Å². The maximum Gasteiger partial charge on any atom is 2.00 e. The fourth-order valence-corrected chi connectivity index (χ4v) is 0. The number of carbonyl (C=O) groups is 1. The third kappa shape index (κ3) is 180. The summed E-state index contributed by atoms with van der Waals surface area (Å²) in [6, 6.07) is 0. The van der Waals surface area contributed by atoms with Crippen molar-refractivity contribution in [3.05, 3.63) is 0 Å². The Kier molecular flexibility index (Phi) is 24.3. The van der Waals surface area contributed by atoms with Crippen molar-refractivity contribution in [1.29, 1.82) is 0 Å². The van der Waals surface area contributed by atoms with Crippen LogP contribution in [0, 0.1) is 0 Å². The first kappa shape index (κ1) is 16.0. The second-order valence-electron chi connectivity index (χ2n) is 0.250. The van der Waals surface area contributed by atoms with Crippen molar-refractivity contribution in [3.8, 4) is 0 Å². The van der Waals surface area contributed by atoms with E-state index in [0.717, 1.165) is 0 Å². The average Bonchev–Trinajstić information content (AvgIpc) is 0.811. The van der Waals surface area contributed by atoms with Gasteiger partial charge in [-0.2, -0.15) is 0 Å². The van der Waals surface area contributed by atoms with E-state index in [2.05, 4.69) is 0 Å². The Labute approximate surface area is 61.6 Å². The van der Waals surface area contributed by atoms with Gasteiger partial charge in [0.2, 0.25) is 0 Å². The third-order valence-electron chi connectivity index (χ3n) is 0. The molecule has 0 aromatic heterocycles. The molecule has 0 aliphatic rings. The Morgan fingerprint density at radius 1 is 1.33 bits per heavy atom. The van der Waals surface area contributed by atoms with Crippen LogP contribution in [0.3, 0.4) is 0 Å². The van der Waals surface area contributed by atoms with Crippen molar-refractivity contribution in [2.24, 2.45) is 0 Å². The van der Waals surface area contributed by atoms with E-state index in [1.807, 2.05) is 0 Å². The Morgan fingerprint density at radius 3 is 1.33 bits per heavy atom. The van der Waals surface area contributed by atoms with E-state index in [0.29, 0.717) is 0 Å². The van der Waals surface area contributed by atoms with E-state index < -0.39 is 6.16 Å². The van der Waals surface area contributed by atoms with Gasteiger partial charge in [-0.05, 0) is 6.16 Å². The maximum absolute atomic E-state index is 8.33. The average molecular weight is 111 g/mol. The summed E-state index contributed by atoms with van der Waals surface area (Å²) in [5, 5.41) is 16.7. The van der Waals surface area contributed by atoms with E-state index in [9.17, 15) is 0 Å². The fraction of sp³-hybridized carbons (Fsp3) is 0. The molecule has 3 radical (unpaired) electrons. The second-order valence-corrected chi connectivity index (χ2v) is 0.250. The zero-order valence-electron chi connectivity index (χ0n) is 3.01. The minimum absolute atomic E-state index is 0. The first-order chi connectivity index (χ1) is 1.73. The summed E-state index contributed by atoms with van der Waals surface area (Å²) < 4.78 is 0. The van der Waals surface area contributed by atoms with E-state index in [-0.39, 0.29) is 40.4 Å². The van der Waals surface area contributed by atoms with Gasteiger partial charge < -0.3 is 15.0 Å². The number of carboxylic acid groups (broad SMARTS) is 2. The standard InChI is InChI=1S/CH2O3.Al.Mg/c2-1(3)4;;/h(H2,2,3,4);;/q;;+2/p-2. The number of carbonyl (C=O) groups excluding carboxylic acids is 1. The molecule has 0 saturated heterocycles. The van der Waals surface area contributed by atoms with Gasteiger partial charge in [-0.25, -0.2) is 0 Å². The zero-order chi connectivity index (χ0) is 3.58. The smallest absolute Gasteiger partial charge is 0.652 e. The first-order valence-corrected chi connectivity index (χ1v) is 0.612. The van der Waals surface area contributed by atoms with Crippen LogP contribution >= 0.6 is 0 Å². The van der Waals surface area contributed by atoms with Crippen LogP contribution in [0.1, 0.15) is 0 Å².